The van der Waals surface area contributed by atoms with Gasteiger partial charge in [0.05, 0.1) is 0 Å². The molecule has 0 bridgehead atoms. The zero-order valence-corrected chi connectivity index (χ0v) is 17.7. The molecule has 28 heavy (non-hydrogen) atoms. The molecule has 3 aromatic carbocycles. The van der Waals surface area contributed by atoms with Crippen LogP contribution in [0.5, 0.6) is 23.0 Å². The largest absolute Gasteiger partial charge is 0.453 e. The monoisotopic (exact) mass is 374 g/mol. The molecule has 0 atom stereocenters. The molecule has 2 nitrogen and oxygen atoms in total. The lowest BCUT2D eigenvalue weighted by atomic mass is 9.87. The maximum Gasteiger partial charge on any atom is 0.169 e. The van der Waals surface area contributed by atoms with Gasteiger partial charge in [-0.15, -0.1) is 0 Å². The second kappa shape index (κ2) is 7.71. The van der Waals surface area contributed by atoms with Crippen molar-refractivity contribution in [2.24, 2.45) is 0 Å². The highest BCUT2D eigenvalue weighted by atomic mass is 16.5. The third-order valence-corrected chi connectivity index (χ3v) is 4.75. The molecule has 0 N–H and O–H groups in total. The number of hydrogen-bond acceptors (Lipinski definition) is 2. The van der Waals surface area contributed by atoms with Gasteiger partial charge in [0.15, 0.2) is 11.5 Å². The summed E-state index contributed by atoms with van der Waals surface area (Å²) in [4.78, 5) is 0. The fourth-order valence-electron chi connectivity index (χ4n) is 2.92. The molecule has 0 unspecified atom stereocenters. The van der Waals surface area contributed by atoms with Crippen LogP contribution in [0, 0.1) is 0 Å². The molecule has 0 amide bonds. The number of ether oxygens (including phenoxy) is 2. The molecule has 146 valence electrons. The summed E-state index contributed by atoms with van der Waals surface area (Å²) >= 11 is 0. The first-order valence-electron chi connectivity index (χ1n) is 9.79. The summed E-state index contributed by atoms with van der Waals surface area (Å²) < 4.78 is 12.2. The summed E-state index contributed by atoms with van der Waals surface area (Å²) in [5.41, 5.74) is 2.81. The van der Waals surface area contributed by atoms with Crippen molar-refractivity contribution in [3.05, 3.63) is 83.9 Å². The van der Waals surface area contributed by atoms with E-state index < -0.39 is 0 Å². The van der Waals surface area contributed by atoms with Gasteiger partial charge in [0.25, 0.3) is 0 Å². The highest BCUT2D eigenvalue weighted by Crippen LogP contribution is 2.36. The first-order chi connectivity index (χ1) is 13.1. The van der Waals surface area contributed by atoms with E-state index in [0.717, 1.165) is 11.5 Å². The summed E-state index contributed by atoms with van der Waals surface area (Å²) in [6.45, 7) is 13.2. The van der Waals surface area contributed by atoms with Crippen LogP contribution in [-0.4, -0.2) is 0 Å². The van der Waals surface area contributed by atoms with Crippen molar-refractivity contribution in [3.63, 3.8) is 0 Å². The Kier molecular flexibility index (Phi) is 5.51. The van der Waals surface area contributed by atoms with Crippen molar-refractivity contribution < 1.29 is 9.47 Å². The molecule has 0 spiro atoms. The number of para-hydroxylation sites is 2. The van der Waals surface area contributed by atoms with Crippen molar-refractivity contribution in [2.75, 3.05) is 0 Å². The molecule has 0 radical (unpaired) electrons. The zero-order valence-electron chi connectivity index (χ0n) is 17.7. The lowest BCUT2D eigenvalue weighted by Crippen LogP contribution is -2.10. The Morgan fingerprint density at radius 1 is 0.464 bits per heavy atom. The lowest BCUT2D eigenvalue weighted by Gasteiger charge is -2.20. The van der Waals surface area contributed by atoms with Crippen LogP contribution in [0.15, 0.2) is 72.8 Å². The van der Waals surface area contributed by atoms with Crippen LogP contribution in [0.3, 0.4) is 0 Å². The maximum absolute atomic E-state index is 6.10. The van der Waals surface area contributed by atoms with E-state index in [2.05, 4.69) is 65.8 Å². The quantitative estimate of drug-likeness (QED) is 0.462. The molecule has 0 aromatic heterocycles. The first kappa shape index (κ1) is 20.0. The topological polar surface area (TPSA) is 18.5 Å². The van der Waals surface area contributed by atoms with Crippen LogP contribution in [0.25, 0.3) is 0 Å². The summed E-state index contributed by atoms with van der Waals surface area (Å²) in [6, 6.07) is 24.3. The first-order valence-corrected chi connectivity index (χ1v) is 9.79. The van der Waals surface area contributed by atoms with Crippen molar-refractivity contribution in [3.8, 4) is 23.0 Å². The van der Waals surface area contributed by atoms with Gasteiger partial charge in [0, 0.05) is 0 Å². The van der Waals surface area contributed by atoms with Crippen LogP contribution in [0.4, 0.5) is 0 Å². The Labute approximate surface area is 169 Å². The summed E-state index contributed by atoms with van der Waals surface area (Å²) in [5, 5.41) is 0. The number of hydrogen-bond donors (Lipinski definition) is 0. The normalized spacial score (nSPS) is 11.9. The van der Waals surface area contributed by atoms with E-state index in [-0.39, 0.29) is 10.8 Å². The van der Waals surface area contributed by atoms with Gasteiger partial charge in [-0.1, -0.05) is 77.9 Å². The van der Waals surface area contributed by atoms with Gasteiger partial charge in [0.1, 0.15) is 11.5 Å². The van der Waals surface area contributed by atoms with Gasteiger partial charge in [-0.2, -0.15) is 0 Å². The molecular formula is C26H30O2. The van der Waals surface area contributed by atoms with Gasteiger partial charge in [-0.05, 0) is 58.4 Å². The number of benzene rings is 3. The molecule has 0 heterocycles. The standard InChI is InChI=1S/C26H30O2/c1-25(2,3)19-11-15-21(16-12-19)27-23-9-7-8-10-24(23)28-22-17-13-20(14-18-22)26(4,5)6/h7-18H,1-6H3. The second-order valence-electron chi connectivity index (χ2n) is 9.20. The van der Waals surface area contributed by atoms with E-state index in [4.69, 9.17) is 9.47 Å². The Hall–Kier alpha value is -2.74. The highest BCUT2D eigenvalue weighted by molar-refractivity contribution is 5.46. The van der Waals surface area contributed by atoms with Crippen LogP contribution in [0.2, 0.25) is 0 Å². The number of rotatable bonds is 4. The average molecular weight is 375 g/mol. The van der Waals surface area contributed by atoms with Crippen LogP contribution < -0.4 is 9.47 Å². The molecule has 3 aromatic rings. The van der Waals surface area contributed by atoms with Crippen LogP contribution >= 0.6 is 0 Å². The Morgan fingerprint density at radius 2 is 0.786 bits per heavy atom. The minimum absolute atomic E-state index is 0.124. The summed E-state index contributed by atoms with van der Waals surface area (Å²) in [6.07, 6.45) is 0. The molecule has 2 heteroatoms. The van der Waals surface area contributed by atoms with Gasteiger partial charge in [-0.3, -0.25) is 0 Å². The third-order valence-electron chi connectivity index (χ3n) is 4.75. The Morgan fingerprint density at radius 3 is 1.07 bits per heavy atom. The minimum atomic E-state index is 0.124. The fraction of sp³-hybridized carbons (Fsp3) is 0.308. The van der Waals surface area contributed by atoms with Gasteiger partial charge in [0.2, 0.25) is 0 Å². The second-order valence-corrected chi connectivity index (χ2v) is 9.20. The zero-order chi connectivity index (χ0) is 20.4. The molecule has 0 fully saturated rings. The van der Waals surface area contributed by atoms with E-state index in [0.29, 0.717) is 11.5 Å². The van der Waals surface area contributed by atoms with E-state index >= 15 is 0 Å². The molecule has 0 aliphatic rings. The predicted molar refractivity (Wildman–Crippen MR) is 117 cm³/mol. The molecule has 0 saturated carbocycles. The molecular weight excluding hydrogens is 344 g/mol. The summed E-state index contributed by atoms with van der Waals surface area (Å²) in [7, 11) is 0. The van der Waals surface area contributed by atoms with E-state index in [1.807, 2.05) is 48.5 Å². The molecule has 0 aliphatic carbocycles. The molecule has 0 saturated heterocycles. The smallest absolute Gasteiger partial charge is 0.169 e. The molecule has 3 rings (SSSR count). The van der Waals surface area contributed by atoms with Gasteiger partial charge >= 0.3 is 0 Å². The fourth-order valence-corrected chi connectivity index (χ4v) is 2.92. The van der Waals surface area contributed by atoms with E-state index in [1.165, 1.54) is 11.1 Å². The Bertz CT molecular complexity index is 830. The van der Waals surface area contributed by atoms with Gasteiger partial charge < -0.3 is 9.47 Å². The highest BCUT2D eigenvalue weighted by Gasteiger charge is 2.15. The van der Waals surface area contributed by atoms with Crippen molar-refractivity contribution in [1.29, 1.82) is 0 Å². The van der Waals surface area contributed by atoms with Crippen LogP contribution in [-0.2, 0) is 10.8 Å². The van der Waals surface area contributed by atoms with Crippen molar-refractivity contribution >= 4 is 0 Å². The third kappa shape index (κ3) is 4.95. The lowest BCUT2D eigenvalue weighted by molar-refractivity contribution is 0.418. The SMILES string of the molecule is CC(C)(C)c1ccc(Oc2ccccc2Oc2ccc(C(C)(C)C)cc2)cc1. The Balaban J connectivity index is 1.78. The van der Waals surface area contributed by atoms with E-state index in [9.17, 15) is 0 Å². The van der Waals surface area contributed by atoms with Crippen molar-refractivity contribution in [1.82, 2.24) is 0 Å². The van der Waals surface area contributed by atoms with Crippen molar-refractivity contribution in [2.45, 2.75) is 52.4 Å². The predicted octanol–water partition coefficient (Wildman–Crippen LogP) is 7.87. The summed E-state index contributed by atoms with van der Waals surface area (Å²) in [5.74, 6) is 3.00. The average Bonchev–Trinajstić information content (AvgIpc) is 2.63. The van der Waals surface area contributed by atoms with Gasteiger partial charge in [-0.25, -0.2) is 0 Å². The maximum atomic E-state index is 6.10. The van der Waals surface area contributed by atoms with E-state index in [1.54, 1.807) is 0 Å². The molecule has 0 aliphatic heterocycles. The van der Waals surface area contributed by atoms with Crippen LogP contribution in [0.1, 0.15) is 52.7 Å². The minimum Gasteiger partial charge on any atom is -0.453 e.